The van der Waals surface area contributed by atoms with Gasteiger partial charge in [-0.25, -0.2) is 0 Å². The Morgan fingerprint density at radius 1 is 1.46 bits per heavy atom. The van der Waals surface area contributed by atoms with Crippen LogP contribution >= 0.6 is 0 Å². The van der Waals surface area contributed by atoms with Crippen LogP contribution in [-0.2, 0) is 0 Å². The van der Waals surface area contributed by atoms with E-state index in [0.717, 1.165) is 31.8 Å². The standard InChI is InChI=1S/C11H23NO/c1-3-11(13)8-5-9-12(2)10-6-4-7-10/h10-11,13H,3-9H2,1-2H3. The molecule has 1 unspecified atom stereocenters. The highest BCUT2D eigenvalue weighted by atomic mass is 16.3. The van der Waals surface area contributed by atoms with Gasteiger partial charge in [-0.2, -0.15) is 0 Å². The van der Waals surface area contributed by atoms with Crippen LogP contribution in [0.2, 0.25) is 0 Å². The molecule has 0 aliphatic heterocycles. The Bertz CT molecular complexity index is 134. The molecule has 13 heavy (non-hydrogen) atoms. The molecule has 78 valence electrons. The van der Waals surface area contributed by atoms with Crippen LogP contribution in [0.5, 0.6) is 0 Å². The zero-order chi connectivity index (χ0) is 9.68. The molecule has 1 saturated carbocycles. The molecular weight excluding hydrogens is 162 g/mol. The fourth-order valence-corrected chi connectivity index (χ4v) is 1.79. The summed E-state index contributed by atoms with van der Waals surface area (Å²) in [6, 6.07) is 0.846. The second-order valence-corrected chi connectivity index (χ2v) is 4.27. The van der Waals surface area contributed by atoms with E-state index >= 15 is 0 Å². The predicted molar refractivity (Wildman–Crippen MR) is 55.8 cm³/mol. The molecule has 1 aliphatic carbocycles. The Labute approximate surface area is 81.9 Å². The first-order chi connectivity index (χ1) is 6.24. The van der Waals surface area contributed by atoms with Crippen molar-refractivity contribution in [1.29, 1.82) is 0 Å². The van der Waals surface area contributed by atoms with Crippen molar-refractivity contribution in [3.8, 4) is 0 Å². The van der Waals surface area contributed by atoms with Gasteiger partial charge in [-0.3, -0.25) is 0 Å². The van der Waals surface area contributed by atoms with Crippen LogP contribution in [0, 0.1) is 0 Å². The van der Waals surface area contributed by atoms with Crippen LogP contribution in [0.1, 0.15) is 45.4 Å². The Morgan fingerprint density at radius 2 is 2.15 bits per heavy atom. The van der Waals surface area contributed by atoms with Gasteiger partial charge in [-0.05, 0) is 45.7 Å². The molecular formula is C11H23NO. The van der Waals surface area contributed by atoms with Gasteiger partial charge in [0.25, 0.3) is 0 Å². The Kier molecular flexibility index (Phi) is 4.74. The SMILES string of the molecule is CCC(O)CCCN(C)C1CCC1. The van der Waals surface area contributed by atoms with Gasteiger partial charge >= 0.3 is 0 Å². The average Bonchev–Trinajstić information content (AvgIpc) is 2.01. The average molecular weight is 185 g/mol. The lowest BCUT2D eigenvalue weighted by Crippen LogP contribution is -2.37. The summed E-state index contributed by atoms with van der Waals surface area (Å²) in [5, 5.41) is 9.36. The molecule has 1 rings (SSSR count). The molecule has 1 atom stereocenters. The topological polar surface area (TPSA) is 23.5 Å². The first kappa shape index (κ1) is 11.0. The zero-order valence-electron chi connectivity index (χ0n) is 9.00. The summed E-state index contributed by atoms with van der Waals surface area (Å²) >= 11 is 0. The van der Waals surface area contributed by atoms with E-state index < -0.39 is 0 Å². The first-order valence-electron chi connectivity index (χ1n) is 5.62. The van der Waals surface area contributed by atoms with Crippen LogP contribution < -0.4 is 0 Å². The summed E-state index contributed by atoms with van der Waals surface area (Å²) in [5.41, 5.74) is 0. The summed E-state index contributed by atoms with van der Waals surface area (Å²) in [7, 11) is 2.21. The molecule has 1 aliphatic rings. The number of aliphatic hydroxyl groups is 1. The van der Waals surface area contributed by atoms with Gasteiger partial charge in [0, 0.05) is 6.04 Å². The smallest absolute Gasteiger partial charge is 0.0538 e. The third-order valence-electron chi connectivity index (χ3n) is 3.22. The Morgan fingerprint density at radius 3 is 2.62 bits per heavy atom. The number of hydrogen-bond acceptors (Lipinski definition) is 2. The lowest BCUT2D eigenvalue weighted by atomic mass is 9.92. The lowest BCUT2D eigenvalue weighted by Gasteiger charge is -2.34. The summed E-state index contributed by atoms with van der Waals surface area (Å²) in [5.74, 6) is 0. The Hall–Kier alpha value is -0.0800. The van der Waals surface area contributed by atoms with E-state index in [-0.39, 0.29) is 6.10 Å². The minimum absolute atomic E-state index is 0.0743. The van der Waals surface area contributed by atoms with Gasteiger partial charge in [0.2, 0.25) is 0 Å². The lowest BCUT2D eigenvalue weighted by molar-refractivity contribution is 0.129. The zero-order valence-corrected chi connectivity index (χ0v) is 9.00. The summed E-state index contributed by atoms with van der Waals surface area (Å²) in [6.07, 6.45) is 7.10. The maximum absolute atomic E-state index is 9.36. The molecule has 0 radical (unpaired) electrons. The van der Waals surface area contributed by atoms with Gasteiger partial charge in [0.1, 0.15) is 0 Å². The van der Waals surface area contributed by atoms with E-state index in [0.29, 0.717) is 0 Å². The number of nitrogens with zero attached hydrogens (tertiary/aromatic N) is 1. The molecule has 0 saturated heterocycles. The number of rotatable bonds is 6. The maximum Gasteiger partial charge on any atom is 0.0538 e. The van der Waals surface area contributed by atoms with Crippen molar-refractivity contribution in [2.24, 2.45) is 0 Å². The highest BCUT2D eigenvalue weighted by molar-refractivity contribution is 4.77. The molecule has 0 heterocycles. The van der Waals surface area contributed by atoms with Crippen molar-refractivity contribution >= 4 is 0 Å². The molecule has 0 aromatic rings. The minimum Gasteiger partial charge on any atom is -0.393 e. The van der Waals surface area contributed by atoms with Crippen LogP contribution in [0.4, 0.5) is 0 Å². The highest BCUT2D eigenvalue weighted by Crippen LogP contribution is 2.23. The van der Waals surface area contributed by atoms with Crippen molar-refractivity contribution in [2.75, 3.05) is 13.6 Å². The van der Waals surface area contributed by atoms with Crippen molar-refractivity contribution in [2.45, 2.75) is 57.6 Å². The van der Waals surface area contributed by atoms with Crippen molar-refractivity contribution in [3.05, 3.63) is 0 Å². The fraction of sp³-hybridized carbons (Fsp3) is 1.00. The van der Waals surface area contributed by atoms with E-state index in [4.69, 9.17) is 0 Å². The number of hydrogen-bond donors (Lipinski definition) is 1. The van der Waals surface area contributed by atoms with Gasteiger partial charge in [0.05, 0.1) is 6.10 Å². The van der Waals surface area contributed by atoms with E-state index in [2.05, 4.69) is 11.9 Å². The van der Waals surface area contributed by atoms with E-state index in [1.807, 2.05) is 6.92 Å². The molecule has 0 amide bonds. The van der Waals surface area contributed by atoms with Crippen LogP contribution in [0.25, 0.3) is 0 Å². The van der Waals surface area contributed by atoms with E-state index in [1.54, 1.807) is 0 Å². The normalized spacial score (nSPS) is 20.3. The molecule has 2 nitrogen and oxygen atoms in total. The fourth-order valence-electron chi connectivity index (χ4n) is 1.79. The first-order valence-corrected chi connectivity index (χ1v) is 5.62. The minimum atomic E-state index is -0.0743. The van der Waals surface area contributed by atoms with Crippen LogP contribution in [-0.4, -0.2) is 35.7 Å². The van der Waals surface area contributed by atoms with Crippen LogP contribution in [0.3, 0.4) is 0 Å². The maximum atomic E-state index is 9.36. The molecule has 2 heteroatoms. The third-order valence-corrected chi connectivity index (χ3v) is 3.22. The summed E-state index contributed by atoms with van der Waals surface area (Å²) in [6.45, 7) is 3.20. The number of aliphatic hydroxyl groups excluding tert-OH is 1. The Balaban J connectivity index is 1.98. The van der Waals surface area contributed by atoms with Crippen molar-refractivity contribution in [3.63, 3.8) is 0 Å². The van der Waals surface area contributed by atoms with Crippen molar-refractivity contribution < 1.29 is 5.11 Å². The van der Waals surface area contributed by atoms with Gasteiger partial charge in [0.15, 0.2) is 0 Å². The second kappa shape index (κ2) is 5.61. The van der Waals surface area contributed by atoms with Crippen LogP contribution in [0.15, 0.2) is 0 Å². The molecule has 0 aromatic carbocycles. The van der Waals surface area contributed by atoms with Gasteiger partial charge in [-0.15, -0.1) is 0 Å². The molecule has 0 bridgehead atoms. The predicted octanol–water partition coefficient (Wildman–Crippen LogP) is 2.02. The summed E-state index contributed by atoms with van der Waals surface area (Å²) in [4.78, 5) is 2.45. The monoisotopic (exact) mass is 185 g/mol. The molecule has 1 N–H and O–H groups in total. The van der Waals surface area contributed by atoms with Crippen molar-refractivity contribution in [1.82, 2.24) is 4.90 Å². The largest absolute Gasteiger partial charge is 0.393 e. The van der Waals surface area contributed by atoms with E-state index in [1.165, 1.54) is 19.3 Å². The summed E-state index contributed by atoms with van der Waals surface area (Å²) < 4.78 is 0. The van der Waals surface area contributed by atoms with Gasteiger partial charge < -0.3 is 10.0 Å². The highest BCUT2D eigenvalue weighted by Gasteiger charge is 2.21. The van der Waals surface area contributed by atoms with E-state index in [9.17, 15) is 5.11 Å². The third kappa shape index (κ3) is 3.65. The molecule has 0 aromatic heterocycles. The second-order valence-electron chi connectivity index (χ2n) is 4.27. The molecule has 1 fully saturated rings. The van der Waals surface area contributed by atoms with Gasteiger partial charge in [-0.1, -0.05) is 13.3 Å². The molecule has 0 spiro atoms. The quantitative estimate of drug-likeness (QED) is 0.684.